The van der Waals surface area contributed by atoms with Crippen LogP contribution in [0.1, 0.15) is 18.7 Å². The summed E-state index contributed by atoms with van der Waals surface area (Å²) in [4.78, 5) is 4.34. The summed E-state index contributed by atoms with van der Waals surface area (Å²) in [6, 6.07) is 13.4. The molecule has 2 aromatic rings. The molecule has 3 nitrogen and oxygen atoms in total. The molecule has 2 atom stereocenters. The van der Waals surface area contributed by atoms with Crippen molar-refractivity contribution in [2.45, 2.75) is 13.0 Å². The number of aromatic nitrogens is 1. The van der Waals surface area contributed by atoms with Gasteiger partial charge in [0, 0.05) is 5.39 Å². The van der Waals surface area contributed by atoms with Crippen LogP contribution in [-0.2, 0) is 0 Å². The fourth-order valence-corrected chi connectivity index (χ4v) is 1.57. The Balaban J connectivity index is 2.44. The molecule has 2 rings (SSSR count). The van der Waals surface area contributed by atoms with E-state index in [1.54, 1.807) is 13.0 Å². The molecule has 80 valence electrons. The smallest absolute Gasteiger partial charge is 0.111 e. The number of rotatable bonds is 2. The molecule has 3 heteroatoms. The first-order valence-electron chi connectivity index (χ1n) is 5.16. The lowest BCUT2D eigenvalue weighted by atomic mass is 10.0. The van der Waals surface area contributed by atoms with Crippen molar-refractivity contribution in [2.75, 3.05) is 0 Å². The molecule has 0 aliphatic heterocycles. The van der Waals surface area contributed by atoms with Crippen LogP contribution in [0.4, 0.5) is 0 Å². The van der Waals surface area contributed by atoms with Crippen molar-refractivity contribution in [1.29, 1.82) is 5.26 Å². The monoisotopic (exact) mass is 212 g/mol. The van der Waals surface area contributed by atoms with E-state index in [2.05, 4.69) is 4.98 Å². The molecule has 0 aliphatic carbocycles. The SMILES string of the molecule is CC(C#N)C(O)c1ccc2ccccc2n1. The molecule has 0 saturated carbocycles. The molecule has 1 aromatic carbocycles. The average molecular weight is 212 g/mol. The third kappa shape index (κ3) is 1.88. The van der Waals surface area contributed by atoms with E-state index < -0.39 is 12.0 Å². The van der Waals surface area contributed by atoms with Crippen LogP contribution in [0, 0.1) is 17.2 Å². The highest BCUT2D eigenvalue weighted by Gasteiger charge is 2.17. The molecule has 1 heterocycles. The summed E-state index contributed by atoms with van der Waals surface area (Å²) in [5.74, 6) is -0.450. The number of hydrogen-bond acceptors (Lipinski definition) is 3. The van der Waals surface area contributed by atoms with Gasteiger partial charge in [0.15, 0.2) is 0 Å². The molecule has 0 radical (unpaired) electrons. The maximum absolute atomic E-state index is 9.86. The van der Waals surface area contributed by atoms with Gasteiger partial charge >= 0.3 is 0 Å². The Labute approximate surface area is 94.0 Å². The number of benzene rings is 1. The molecule has 0 bridgehead atoms. The fraction of sp³-hybridized carbons (Fsp3) is 0.231. The molecule has 0 aliphatic rings. The zero-order chi connectivity index (χ0) is 11.5. The third-order valence-electron chi connectivity index (χ3n) is 2.60. The van der Waals surface area contributed by atoms with E-state index in [0.717, 1.165) is 10.9 Å². The lowest BCUT2D eigenvalue weighted by molar-refractivity contribution is 0.138. The summed E-state index contributed by atoms with van der Waals surface area (Å²) in [6.45, 7) is 1.68. The van der Waals surface area contributed by atoms with E-state index >= 15 is 0 Å². The van der Waals surface area contributed by atoms with Crippen molar-refractivity contribution in [2.24, 2.45) is 5.92 Å². The Bertz CT molecular complexity index is 545. The highest BCUT2D eigenvalue weighted by atomic mass is 16.3. The summed E-state index contributed by atoms with van der Waals surface area (Å²) in [5.41, 5.74) is 1.39. The lowest BCUT2D eigenvalue weighted by Gasteiger charge is -2.12. The molecular weight excluding hydrogens is 200 g/mol. The lowest BCUT2D eigenvalue weighted by Crippen LogP contribution is -2.08. The molecule has 0 amide bonds. The van der Waals surface area contributed by atoms with Crippen LogP contribution in [0.15, 0.2) is 36.4 Å². The first kappa shape index (κ1) is 10.6. The number of para-hydroxylation sites is 1. The van der Waals surface area contributed by atoms with Gasteiger partial charge in [-0.2, -0.15) is 5.26 Å². The van der Waals surface area contributed by atoms with Gasteiger partial charge in [-0.05, 0) is 19.1 Å². The summed E-state index contributed by atoms with van der Waals surface area (Å²) in [7, 11) is 0. The van der Waals surface area contributed by atoms with E-state index in [1.807, 2.05) is 36.4 Å². The van der Waals surface area contributed by atoms with Crippen molar-refractivity contribution < 1.29 is 5.11 Å². The second kappa shape index (κ2) is 4.30. The summed E-state index contributed by atoms with van der Waals surface area (Å²) in [6.07, 6.45) is -0.824. The van der Waals surface area contributed by atoms with E-state index in [9.17, 15) is 5.11 Å². The Kier molecular flexibility index (Phi) is 2.84. The second-order valence-corrected chi connectivity index (χ2v) is 3.79. The van der Waals surface area contributed by atoms with Gasteiger partial charge in [0.2, 0.25) is 0 Å². The minimum absolute atomic E-state index is 0.450. The van der Waals surface area contributed by atoms with Crippen LogP contribution in [0.3, 0.4) is 0 Å². The highest BCUT2D eigenvalue weighted by molar-refractivity contribution is 5.78. The van der Waals surface area contributed by atoms with E-state index in [4.69, 9.17) is 5.26 Å². The summed E-state index contributed by atoms with van der Waals surface area (Å²) >= 11 is 0. The second-order valence-electron chi connectivity index (χ2n) is 3.79. The zero-order valence-corrected chi connectivity index (χ0v) is 8.96. The molecule has 0 fully saturated rings. The van der Waals surface area contributed by atoms with Gasteiger partial charge < -0.3 is 5.11 Å². The van der Waals surface area contributed by atoms with Crippen LogP contribution in [0.25, 0.3) is 10.9 Å². The van der Waals surface area contributed by atoms with Crippen molar-refractivity contribution >= 4 is 10.9 Å². The molecule has 0 saturated heterocycles. The van der Waals surface area contributed by atoms with Crippen LogP contribution in [0.2, 0.25) is 0 Å². The molecule has 2 unspecified atom stereocenters. The molecule has 16 heavy (non-hydrogen) atoms. The van der Waals surface area contributed by atoms with Gasteiger partial charge in [0.05, 0.1) is 23.2 Å². The van der Waals surface area contributed by atoms with Crippen LogP contribution < -0.4 is 0 Å². The van der Waals surface area contributed by atoms with Crippen LogP contribution >= 0.6 is 0 Å². The molecule has 1 N–H and O–H groups in total. The highest BCUT2D eigenvalue weighted by Crippen LogP contribution is 2.21. The normalized spacial score (nSPS) is 14.3. The number of pyridine rings is 1. The van der Waals surface area contributed by atoms with Gasteiger partial charge in [-0.3, -0.25) is 4.98 Å². The van der Waals surface area contributed by atoms with Gasteiger partial charge in [0.25, 0.3) is 0 Å². The molecular formula is C13H12N2O. The van der Waals surface area contributed by atoms with E-state index in [-0.39, 0.29) is 0 Å². The summed E-state index contributed by atoms with van der Waals surface area (Å²) < 4.78 is 0. The fourth-order valence-electron chi connectivity index (χ4n) is 1.57. The maximum Gasteiger partial charge on any atom is 0.111 e. The largest absolute Gasteiger partial charge is 0.385 e. The van der Waals surface area contributed by atoms with E-state index in [0.29, 0.717) is 5.69 Å². The number of aliphatic hydroxyl groups excluding tert-OH is 1. The molecule has 1 aromatic heterocycles. The van der Waals surface area contributed by atoms with Crippen LogP contribution in [-0.4, -0.2) is 10.1 Å². The first-order valence-corrected chi connectivity index (χ1v) is 5.16. The van der Waals surface area contributed by atoms with Crippen molar-refractivity contribution in [3.63, 3.8) is 0 Å². The standard InChI is InChI=1S/C13H12N2O/c1-9(8-14)13(16)12-7-6-10-4-2-3-5-11(10)15-12/h2-7,9,13,16H,1H3. The summed E-state index contributed by atoms with van der Waals surface area (Å²) in [5, 5.41) is 19.6. The van der Waals surface area contributed by atoms with Gasteiger partial charge in [-0.1, -0.05) is 24.3 Å². The van der Waals surface area contributed by atoms with Gasteiger partial charge in [-0.25, -0.2) is 0 Å². The van der Waals surface area contributed by atoms with Crippen LogP contribution in [0.5, 0.6) is 0 Å². The number of hydrogen-bond donors (Lipinski definition) is 1. The minimum Gasteiger partial charge on any atom is -0.385 e. The Morgan fingerprint density at radius 2 is 2.00 bits per heavy atom. The maximum atomic E-state index is 9.86. The first-order chi connectivity index (χ1) is 7.72. The number of nitriles is 1. The average Bonchev–Trinajstić information content (AvgIpc) is 2.36. The molecule has 0 spiro atoms. The van der Waals surface area contributed by atoms with Gasteiger partial charge in [0.1, 0.15) is 6.10 Å². The Morgan fingerprint density at radius 1 is 1.25 bits per heavy atom. The number of fused-ring (bicyclic) bond motifs is 1. The Morgan fingerprint density at radius 3 is 2.75 bits per heavy atom. The quantitative estimate of drug-likeness (QED) is 0.831. The minimum atomic E-state index is -0.824. The van der Waals surface area contributed by atoms with Gasteiger partial charge in [-0.15, -0.1) is 0 Å². The topological polar surface area (TPSA) is 56.9 Å². The predicted molar refractivity (Wildman–Crippen MR) is 61.5 cm³/mol. The zero-order valence-electron chi connectivity index (χ0n) is 8.96. The van der Waals surface area contributed by atoms with E-state index in [1.165, 1.54) is 0 Å². The Hall–Kier alpha value is -1.92. The predicted octanol–water partition coefficient (Wildman–Crippen LogP) is 2.43. The van der Waals surface area contributed by atoms with Crippen molar-refractivity contribution in [3.05, 3.63) is 42.1 Å². The third-order valence-corrected chi connectivity index (χ3v) is 2.60. The number of aliphatic hydroxyl groups is 1. The van der Waals surface area contributed by atoms with Crippen molar-refractivity contribution in [1.82, 2.24) is 4.98 Å². The van der Waals surface area contributed by atoms with Crippen molar-refractivity contribution in [3.8, 4) is 6.07 Å². The number of nitrogens with zero attached hydrogens (tertiary/aromatic N) is 2.